The molecule has 1 N–H and O–H groups in total. The molecule has 4 nitrogen and oxygen atoms in total. The number of sulfone groups is 1. The fourth-order valence-electron chi connectivity index (χ4n) is 5.11. The Balaban J connectivity index is 2.30. The summed E-state index contributed by atoms with van der Waals surface area (Å²) in [5, 5.41) is 12.0. The van der Waals surface area contributed by atoms with Gasteiger partial charge in [-0.2, -0.15) is 0 Å². The van der Waals surface area contributed by atoms with Crippen LogP contribution >= 0.6 is 0 Å². The average molecular weight is 463 g/mol. The normalized spacial score (nSPS) is 21.6. The smallest absolute Gasteiger partial charge is 0.179 e. The molecule has 0 saturated heterocycles. The first-order valence-electron chi connectivity index (χ1n) is 11.5. The van der Waals surface area contributed by atoms with E-state index in [-0.39, 0.29) is 16.4 Å². The lowest BCUT2D eigenvalue weighted by molar-refractivity contribution is 0.0126. The van der Waals surface area contributed by atoms with Crippen LogP contribution < -0.4 is 4.74 Å². The monoisotopic (exact) mass is 462 g/mol. The lowest BCUT2D eigenvalue weighted by Gasteiger charge is -2.40. The zero-order valence-corrected chi connectivity index (χ0v) is 20.3. The van der Waals surface area contributed by atoms with Gasteiger partial charge in [-0.25, -0.2) is 12.8 Å². The van der Waals surface area contributed by atoms with E-state index in [1.165, 1.54) is 13.2 Å². The highest BCUT2D eigenvalue weighted by atomic mass is 32.2. The maximum atomic E-state index is 14.2. The summed E-state index contributed by atoms with van der Waals surface area (Å²) in [7, 11) is -2.22. The molecule has 3 rings (SSSR count). The third-order valence-electron chi connectivity index (χ3n) is 6.85. The highest BCUT2D eigenvalue weighted by Crippen LogP contribution is 2.50. The molecule has 0 amide bonds. The quantitative estimate of drug-likeness (QED) is 0.539. The van der Waals surface area contributed by atoms with Crippen LogP contribution in [-0.2, 0) is 9.84 Å². The molecule has 0 fully saturated rings. The van der Waals surface area contributed by atoms with Crippen LogP contribution in [0.4, 0.5) is 4.39 Å². The third kappa shape index (κ3) is 4.72. The molecule has 2 atom stereocenters. The topological polar surface area (TPSA) is 63.6 Å². The van der Waals surface area contributed by atoms with Crippen LogP contribution in [0.25, 0.3) is 0 Å². The van der Waals surface area contributed by atoms with Gasteiger partial charge in [0.15, 0.2) is 21.4 Å². The fraction of sp³-hybridized carbons (Fsp3) is 0.538. The summed E-state index contributed by atoms with van der Waals surface area (Å²) in [4.78, 5) is 0.269. The molecule has 32 heavy (non-hydrogen) atoms. The van der Waals surface area contributed by atoms with E-state index in [1.54, 1.807) is 24.3 Å². The Kier molecular flexibility index (Phi) is 7.66. The summed E-state index contributed by atoms with van der Waals surface area (Å²) in [6, 6.07) is 9.88. The van der Waals surface area contributed by atoms with Gasteiger partial charge in [0.05, 0.1) is 23.9 Å². The number of unbranched alkanes of at least 4 members (excludes halogenated alkanes) is 2. The first-order chi connectivity index (χ1) is 15.2. The van der Waals surface area contributed by atoms with Gasteiger partial charge in [0, 0.05) is 11.3 Å². The number of hydrogen-bond donors (Lipinski definition) is 1. The Morgan fingerprint density at radius 1 is 1.09 bits per heavy atom. The van der Waals surface area contributed by atoms with Crippen LogP contribution in [0.1, 0.15) is 75.0 Å². The van der Waals surface area contributed by atoms with E-state index in [2.05, 4.69) is 13.8 Å². The van der Waals surface area contributed by atoms with Crippen LogP contribution in [-0.4, -0.2) is 32.5 Å². The molecule has 0 aliphatic carbocycles. The van der Waals surface area contributed by atoms with Crippen LogP contribution in [0.3, 0.4) is 0 Å². The number of benzene rings is 2. The van der Waals surface area contributed by atoms with Crippen molar-refractivity contribution in [2.24, 2.45) is 5.41 Å². The molecule has 0 bridgehead atoms. The summed E-state index contributed by atoms with van der Waals surface area (Å²) in [6.45, 7) is 6.06. The van der Waals surface area contributed by atoms with Crippen molar-refractivity contribution in [2.45, 2.75) is 76.2 Å². The summed E-state index contributed by atoms with van der Waals surface area (Å²) < 4.78 is 46.7. The molecule has 0 radical (unpaired) electrons. The van der Waals surface area contributed by atoms with E-state index in [1.807, 2.05) is 13.0 Å². The number of ether oxygens (including phenoxy) is 1. The maximum Gasteiger partial charge on any atom is 0.179 e. The minimum Gasteiger partial charge on any atom is -0.494 e. The second-order valence-electron chi connectivity index (χ2n) is 9.19. The van der Waals surface area contributed by atoms with Crippen molar-refractivity contribution >= 4 is 9.84 Å². The van der Waals surface area contributed by atoms with Crippen molar-refractivity contribution in [1.82, 2.24) is 0 Å². The summed E-state index contributed by atoms with van der Waals surface area (Å²) >= 11 is 0. The lowest BCUT2D eigenvalue weighted by Crippen LogP contribution is -2.43. The number of aryl methyl sites for hydroxylation is 1. The van der Waals surface area contributed by atoms with E-state index in [9.17, 15) is 17.9 Å². The molecular formula is C26H35FO4S. The molecule has 0 spiro atoms. The third-order valence-corrected chi connectivity index (χ3v) is 8.84. The second kappa shape index (κ2) is 9.92. The lowest BCUT2D eigenvalue weighted by atomic mass is 9.68. The Bertz CT molecular complexity index is 1040. The van der Waals surface area contributed by atoms with Gasteiger partial charge >= 0.3 is 0 Å². The molecular weight excluding hydrogens is 427 g/mol. The number of rotatable bonds is 8. The summed E-state index contributed by atoms with van der Waals surface area (Å²) in [5.41, 5.74) is 1.39. The highest BCUT2D eigenvalue weighted by Gasteiger charge is 2.49. The minimum absolute atomic E-state index is 0.0773. The number of methoxy groups -OCH3 is 1. The molecule has 0 unspecified atom stereocenters. The first kappa shape index (κ1) is 24.7. The maximum absolute atomic E-state index is 14.2. The van der Waals surface area contributed by atoms with Crippen LogP contribution in [0.5, 0.6) is 5.75 Å². The number of halogens is 1. The predicted molar refractivity (Wildman–Crippen MR) is 126 cm³/mol. The predicted octanol–water partition coefficient (Wildman–Crippen LogP) is 5.79. The Morgan fingerprint density at radius 2 is 1.75 bits per heavy atom. The molecule has 2 aromatic carbocycles. The zero-order chi connectivity index (χ0) is 23.5. The average Bonchev–Trinajstić information content (AvgIpc) is 2.82. The van der Waals surface area contributed by atoms with Gasteiger partial charge in [-0.05, 0) is 49.1 Å². The standard InChI is InChI=1S/C26H35FO4S/c1-5-7-13-26(14-8-6-2)17-32(29,30)23-12-9-18(3)15-20(23)24(25(26)28)19-10-11-21(27)22(16-19)31-4/h9-12,15-16,24-25,28H,5-8,13-14,17H2,1-4H3/t24-,25-/m1/s1. The highest BCUT2D eigenvalue weighted by molar-refractivity contribution is 7.91. The Hall–Kier alpha value is -1.92. The first-order valence-corrected chi connectivity index (χ1v) is 13.2. The van der Waals surface area contributed by atoms with Crippen LogP contribution in [0.15, 0.2) is 41.3 Å². The van der Waals surface area contributed by atoms with Crippen molar-refractivity contribution in [2.75, 3.05) is 12.9 Å². The van der Waals surface area contributed by atoms with Crippen molar-refractivity contribution < 1.29 is 22.7 Å². The van der Waals surface area contributed by atoms with Crippen molar-refractivity contribution in [3.8, 4) is 5.75 Å². The van der Waals surface area contributed by atoms with E-state index in [4.69, 9.17) is 4.74 Å². The van der Waals surface area contributed by atoms with Gasteiger partial charge in [0.25, 0.3) is 0 Å². The number of aliphatic hydroxyl groups excluding tert-OH is 1. The molecule has 6 heteroatoms. The second-order valence-corrected chi connectivity index (χ2v) is 11.1. The van der Waals surface area contributed by atoms with Gasteiger partial charge < -0.3 is 9.84 Å². The molecule has 1 heterocycles. The van der Waals surface area contributed by atoms with Crippen molar-refractivity contribution in [3.05, 3.63) is 58.9 Å². The molecule has 1 aliphatic heterocycles. The van der Waals surface area contributed by atoms with Gasteiger partial charge in [-0.3, -0.25) is 0 Å². The molecule has 176 valence electrons. The largest absolute Gasteiger partial charge is 0.494 e. The Morgan fingerprint density at radius 3 is 2.34 bits per heavy atom. The van der Waals surface area contributed by atoms with Crippen molar-refractivity contribution in [1.29, 1.82) is 0 Å². The fourth-order valence-corrected chi connectivity index (χ4v) is 7.31. The number of aliphatic hydroxyl groups is 1. The van der Waals surface area contributed by atoms with Gasteiger partial charge in [-0.1, -0.05) is 63.3 Å². The van der Waals surface area contributed by atoms with Gasteiger partial charge in [0.1, 0.15) is 0 Å². The number of hydrogen-bond acceptors (Lipinski definition) is 4. The molecule has 1 aliphatic rings. The van der Waals surface area contributed by atoms with E-state index < -0.39 is 33.1 Å². The van der Waals surface area contributed by atoms with Crippen LogP contribution in [0, 0.1) is 18.2 Å². The van der Waals surface area contributed by atoms with Gasteiger partial charge in [0.2, 0.25) is 0 Å². The molecule has 0 saturated carbocycles. The zero-order valence-electron chi connectivity index (χ0n) is 19.5. The Labute approximate surface area is 191 Å². The summed E-state index contributed by atoms with van der Waals surface area (Å²) in [5.74, 6) is -1.07. The minimum atomic E-state index is -3.63. The molecule has 0 aromatic heterocycles. The van der Waals surface area contributed by atoms with E-state index >= 15 is 0 Å². The SMILES string of the molecule is CCCCC1(CCCC)CS(=O)(=O)c2ccc(C)cc2[C@@H](c2ccc(F)c(OC)c2)[C@H]1O. The van der Waals surface area contributed by atoms with E-state index in [0.717, 1.165) is 31.2 Å². The van der Waals surface area contributed by atoms with Gasteiger partial charge in [-0.15, -0.1) is 0 Å². The van der Waals surface area contributed by atoms with Crippen molar-refractivity contribution in [3.63, 3.8) is 0 Å². The van der Waals surface area contributed by atoms with E-state index in [0.29, 0.717) is 24.0 Å². The molecule has 2 aromatic rings. The number of fused-ring (bicyclic) bond motifs is 1. The van der Waals surface area contributed by atoms with Crippen LogP contribution in [0.2, 0.25) is 0 Å². The summed E-state index contributed by atoms with van der Waals surface area (Å²) in [6.07, 6.45) is 3.85.